The molecule has 1 rings (SSSR count). The molecule has 0 aliphatic carbocycles. The maximum absolute atomic E-state index is 10.6. The fourth-order valence-corrected chi connectivity index (χ4v) is 2.38. The number of carboxylic acid groups (broad SMARTS) is 1. The number of carboxylic acids is 1. The van der Waals surface area contributed by atoms with Crippen LogP contribution in [-0.2, 0) is 4.79 Å². The van der Waals surface area contributed by atoms with Gasteiger partial charge in [-0.1, -0.05) is 6.92 Å². The van der Waals surface area contributed by atoms with Gasteiger partial charge < -0.3 is 5.11 Å². The number of rotatable bonds is 3. The van der Waals surface area contributed by atoms with E-state index in [9.17, 15) is 4.79 Å². The van der Waals surface area contributed by atoms with Gasteiger partial charge in [-0.05, 0) is 13.0 Å². The zero-order valence-corrected chi connectivity index (χ0v) is 7.43. The van der Waals surface area contributed by atoms with E-state index in [2.05, 4.69) is 6.92 Å². The smallest absolute Gasteiger partial charge is 0.331 e. The van der Waals surface area contributed by atoms with Crippen LogP contribution in [0, 0.1) is 0 Å². The highest BCUT2D eigenvalue weighted by atomic mass is 32.2. The number of hydrogen-bond acceptors (Lipinski definition) is 3. The fraction of sp³-hybridized carbons (Fsp3) is 0.857. The van der Waals surface area contributed by atoms with Crippen molar-refractivity contribution in [1.29, 1.82) is 0 Å². The number of aliphatic carboxylic acids is 1. The van der Waals surface area contributed by atoms with E-state index in [4.69, 9.17) is 5.11 Å². The van der Waals surface area contributed by atoms with E-state index in [0.29, 0.717) is 0 Å². The topological polar surface area (TPSA) is 40.5 Å². The molecular weight excluding hydrogens is 162 g/mol. The summed E-state index contributed by atoms with van der Waals surface area (Å²) in [7, 11) is 0. The van der Waals surface area contributed by atoms with Crippen LogP contribution in [0.1, 0.15) is 13.3 Å². The van der Waals surface area contributed by atoms with E-state index < -0.39 is 5.97 Å². The molecule has 0 aromatic heterocycles. The Morgan fingerprint density at radius 2 is 2.55 bits per heavy atom. The van der Waals surface area contributed by atoms with E-state index >= 15 is 0 Å². The number of hydrogen-bond donors (Lipinski definition) is 1. The molecule has 0 saturated carbocycles. The van der Waals surface area contributed by atoms with Crippen molar-refractivity contribution in [2.45, 2.75) is 18.7 Å². The molecule has 0 spiro atoms. The lowest BCUT2D eigenvalue weighted by molar-refractivity contribution is -0.139. The standard InChI is InChI=1S/C7H13NO2S/c1-2-3-8-4-5-11-6(8)7(9)10/h6H,2-5H2,1H3,(H,9,10). The molecule has 11 heavy (non-hydrogen) atoms. The fourth-order valence-electron chi connectivity index (χ4n) is 1.25. The molecule has 64 valence electrons. The summed E-state index contributed by atoms with van der Waals surface area (Å²) in [5, 5.41) is 8.47. The second-order valence-electron chi connectivity index (χ2n) is 2.60. The first-order valence-corrected chi connectivity index (χ1v) is 4.89. The maximum atomic E-state index is 10.6. The highest BCUT2D eigenvalue weighted by molar-refractivity contribution is 8.00. The van der Waals surface area contributed by atoms with Crippen LogP contribution in [0.5, 0.6) is 0 Å². The maximum Gasteiger partial charge on any atom is 0.331 e. The van der Waals surface area contributed by atoms with Crippen molar-refractivity contribution in [3.8, 4) is 0 Å². The van der Waals surface area contributed by atoms with Gasteiger partial charge in [0.1, 0.15) is 0 Å². The lowest BCUT2D eigenvalue weighted by Gasteiger charge is -2.18. The average Bonchev–Trinajstić information content (AvgIpc) is 2.36. The van der Waals surface area contributed by atoms with Crippen molar-refractivity contribution >= 4 is 17.7 Å². The molecule has 0 aromatic carbocycles. The van der Waals surface area contributed by atoms with Crippen molar-refractivity contribution in [2.24, 2.45) is 0 Å². The zero-order chi connectivity index (χ0) is 8.27. The third kappa shape index (κ3) is 2.10. The van der Waals surface area contributed by atoms with Crippen molar-refractivity contribution < 1.29 is 9.90 Å². The first-order chi connectivity index (χ1) is 5.25. The molecule has 4 heteroatoms. The number of carbonyl (C=O) groups is 1. The highest BCUT2D eigenvalue weighted by Gasteiger charge is 2.29. The van der Waals surface area contributed by atoms with E-state index in [0.717, 1.165) is 25.3 Å². The zero-order valence-electron chi connectivity index (χ0n) is 6.62. The van der Waals surface area contributed by atoms with Gasteiger partial charge in [0.05, 0.1) is 0 Å². The van der Waals surface area contributed by atoms with Crippen molar-refractivity contribution in [3.63, 3.8) is 0 Å². The Hall–Kier alpha value is -0.220. The minimum atomic E-state index is -0.694. The van der Waals surface area contributed by atoms with Crippen LogP contribution in [-0.4, -0.2) is 40.2 Å². The van der Waals surface area contributed by atoms with E-state index in [1.165, 1.54) is 11.8 Å². The molecule has 1 atom stereocenters. The minimum Gasteiger partial charge on any atom is -0.479 e. The quantitative estimate of drug-likeness (QED) is 0.690. The van der Waals surface area contributed by atoms with Crippen molar-refractivity contribution in [3.05, 3.63) is 0 Å². The lowest BCUT2D eigenvalue weighted by atomic mass is 10.4. The van der Waals surface area contributed by atoms with Crippen LogP contribution in [0.15, 0.2) is 0 Å². The summed E-state index contributed by atoms with van der Waals surface area (Å²) in [6, 6.07) is 0. The van der Waals surface area contributed by atoms with E-state index in [-0.39, 0.29) is 5.37 Å². The predicted molar refractivity (Wildman–Crippen MR) is 45.7 cm³/mol. The Labute approximate surface area is 70.8 Å². The van der Waals surface area contributed by atoms with E-state index in [1.807, 2.05) is 4.90 Å². The van der Waals surface area contributed by atoms with Gasteiger partial charge >= 0.3 is 5.97 Å². The summed E-state index contributed by atoms with van der Waals surface area (Å²) < 4.78 is 0. The van der Waals surface area contributed by atoms with Crippen molar-refractivity contribution in [1.82, 2.24) is 4.90 Å². The summed E-state index contributed by atoms with van der Waals surface area (Å²) in [5.41, 5.74) is 0. The van der Waals surface area contributed by atoms with Gasteiger partial charge in [-0.3, -0.25) is 4.90 Å². The molecule has 1 unspecified atom stereocenters. The normalized spacial score (nSPS) is 25.7. The molecular formula is C7H13NO2S. The van der Waals surface area contributed by atoms with Crippen LogP contribution in [0.4, 0.5) is 0 Å². The minimum absolute atomic E-state index is 0.282. The monoisotopic (exact) mass is 175 g/mol. The lowest BCUT2D eigenvalue weighted by Crippen LogP contribution is -2.34. The van der Waals surface area contributed by atoms with Crippen LogP contribution < -0.4 is 0 Å². The first-order valence-electron chi connectivity index (χ1n) is 3.84. The van der Waals surface area contributed by atoms with Crippen LogP contribution in [0.2, 0.25) is 0 Å². The van der Waals surface area contributed by atoms with Gasteiger partial charge in [0, 0.05) is 12.3 Å². The molecule has 1 fully saturated rings. The third-order valence-corrected chi connectivity index (χ3v) is 2.94. The van der Waals surface area contributed by atoms with Gasteiger partial charge in [0.15, 0.2) is 5.37 Å². The summed E-state index contributed by atoms with van der Waals surface area (Å²) in [6.45, 7) is 3.90. The molecule has 0 amide bonds. The van der Waals surface area contributed by atoms with Gasteiger partial charge in [-0.2, -0.15) is 0 Å². The molecule has 1 heterocycles. The number of nitrogens with zero attached hydrogens (tertiary/aromatic N) is 1. The second-order valence-corrected chi connectivity index (χ2v) is 3.79. The SMILES string of the molecule is CCCN1CCSC1C(=O)O. The molecule has 3 nitrogen and oxygen atoms in total. The van der Waals surface area contributed by atoms with Crippen LogP contribution in [0.25, 0.3) is 0 Å². The summed E-state index contributed by atoms with van der Waals surface area (Å²) in [5.74, 6) is 0.262. The molecule has 0 aromatic rings. The van der Waals surface area contributed by atoms with Crippen LogP contribution >= 0.6 is 11.8 Å². The van der Waals surface area contributed by atoms with Gasteiger partial charge in [0.2, 0.25) is 0 Å². The predicted octanol–water partition coefficient (Wildman–Crippen LogP) is 0.856. The Morgan fingerprint density at radius 3 is 3.09 bits per heavy atom. The Balaban J connectivity index is 2.44. The van der Waals surface area contributed by atoms with Gasteiger partial charge in [0.25, 0.3) is 0 Å². The van der Waals surface area contributed by atoms with Gasteiger partial charge in [-0.15, -0.1) is 11.8 Å². The Morgan fingerprint density at radius 1 is 1.82 bits per heavy atom. The summed E-state index contributed by atoms with van der Waals surface area (Å²) in [6.07, 6.45) is 1.03. The van der Waals surface area contributed by atoms with Gasteiger partial charge in [-0.25, -0.2) is 4.79 Å². The second kappa shape index (κ2) is 3.97. The molecule has 1 saturated heterocycles. The highest BCUT2D eigenvalue weighted by Crippen LogP contribution is 2.23. The largest absolute Gasteiger partial charge is 0.479 e. The third-order valence-electron chi connectivity index (χ3n) is 1.71. The van der Waals surface area contributed by atoms with Crippen molar-refractivity contribution in [2.75, 3.05) is 18.8 Å². The Bertz CT molecular complexity index is 151. The molecule has 1 aliphatic rings. The number of thioether (sulfide) groups is 1. The molecule has 0 bridgehead atoms. The molecule has 0 radical (unpaired) electrons. The summed E-state index contributed by atoms with van der Waals surface area (Å²) >= 11 is 1.52. The first kappa shape index (κ1) is 8.87. The van der Waals surface area contributed by atoms with E-state index in [1.54, 1.807) is 0 Å². The average molecular weight is 175 g/mol. The van der Waals surface area contributed by atoms with Crippen LogP contribution in [0.3, 0.4) is 0 Å². The summed E-state index contributed by atoms with van der Waals surface area (Å²) in [4.78, 5) is 12.6. The molecule has 1 N–H and O–H groups in total. The molecule has 1 aliphatic heterocycles. The Kier molecular flexibility index (Phi) is 3.20.